The normalized spacial score (nSPS) is 10.6. The van der Waals surface area contributed by atoms with E-state index in [1.54, 1.807) is 12.1 Å². The van der Waals surface area contributed by atoms with E-state index >= 15 is 0 Å². The minimum Gasteiger partial charge on any atom is -0.484 e. The van der Waals surface area contributed by atoms with E-state index in [2.05, 4.69) is 22.4 Å². The molecule has 0 unspecified atom stereocenters. The largest absolute Gasteiger partial charge is 0.484 e. The second kappa shape index (κ2) is 8.49. The van der Waals surface area contributed by atoms with E-state index in [9.17, 15) is 4.79 Å². The van der Waals surface area contributed by atoms with E-state index in [1.165, 1.54) is 0 Å². The number of ether oxygens (including phenoxy) is 1. The number of aromatic nitrogens is 2. The summed E-state index contributed by atoms with van der Waals surface area (Å²) in [6.07, 6.45) is 1.72. The predicted molar refractivity (Wildman–Crippen MR) is 104 cm³/mol. The van der Waals surface area contributed by atoms with Gasteiger partial charge in [-0.05, 0) is 61.7 Å². The third-order valence-electron chi connectivity index (χ3n) is 4.28. The highest BCUT2D eigenvalue weighted by atomic mass is 16.5. The van der Waals surface area contributed by atoms with Crippen LogP contribution in [0.5, 0.6) is 5.75 Å². The molecule has 0 spiro atoms. The summed E-state index contributed by atoms with van der Waals surface area (Å²) in [7, 11) is 0. The van der Waals surface area contributed by atoms with Crippen molar-refractivity contribution in [2.45, 2.75) is 33.6 Å². The first kappa shape index (κ1) is 18.6. The van der Waals surface area contributed by atoms with Gasteiger partial charge in [0.15, 0.2) is 6.61 Å². The first-order chi connectivity index (χ1) is 13.1. The van der Waals surface area contributed by atoms with Crippen molar-refractivity contribution in [1.29, 1.82) is 0 Å². The molecule has 3 rings (SSSR count). The Labute approximate surface area is 158 Å². The lowest BCUT2D eigenvalue weighted by molar-refractivity contribution is -0.118. The van der Waals surface area contributed by atoms with Crippen LogP contribution in [0.2, 0.25) is 0 Å². The van der Waals surface area contributed by atoms with E-state index < -0.39 is 0 Å². The Kier molecular flexibility index (Phi) is 5.86. The maximum absolute atomic E-state index is 12.1. The van der Waals surface area contributed by atoms with Crippen LogP contribution in [0, 0.1) is 13.8 Å². The Morgan fingerprint density at radius 2 is 1.89 bits per heavy atom. The third kappa shape index (κ3) is 4.73. The highest BCUT2D eigenvalue weighted by molar-refractivity contribution is 5.92. The number of hydrogen-bond donors (Lipinski definition) is 1. The van der Waals surface area contributed by atoms with Gasteiger partial charge < -0.3 is 14.5 Å². The van der Waals surface area contributed by atoms with E-state index in [1.807, 2.05) is 44.2 Å². The Morgan fingerprint density at radius 3 is 2.63 bits per heavy atom. The molecule has 1 amide bonds. The molecule has 140 valence electrons. The van der Waals surface area contributed by atoms with Gasteiger partial charge in [-0.2, -0.15) is 0 Å². The molecule has 0 bridgehead atoms. The van der Waals surface area contributed by atoms with E-state index in [0.29, 0.717) is 17.5 Å². The van der Waals surface area contributed by atoms with Crippen LogP contribution in [-0.4, -0.2) is 22.7 Å². The van der Waals surface area contributed by atoms with Crippen molar-refractivity contribution >= 4 is 11.6 Å². The maximum Gasteiger partial charge on any atom is 0.262 e. The zero-order chi connectivity index (χ0) is 19.2. The zero-order valence-corrected chi connectivity index (χ0v) is 15.8. The molecule has 1 aromatic heterocycles. The molecule has 1 N–H and O–H groups in total. The summed E-state index contributed by atoms with van der Waals surface area (Å²) in [6.45, 7) is 5.99. The number of anilines is 1. The van der Waals surface area contributed by atoms with Gasteiger partial charge in [-0.15, -0.1) is 10.2 Å². The molecule has 0 atom stereocenters. The first-order valence-corrected chi connectivity index (χ1v) is 8.98. The van der Waals surface area contributed by atoms with Crippen LogP contribution < -0.4 is 10.1 Å². The van der Waals surface area contributed by atoms with Crippen LogP contribution in [0.25, 0.3) is 11.5 Å². The third-order valence-corrected chi connectivity index (χ3v) is 4.28. The fourth-order valence-corrected chi connectivity index (χ4v) is 2.60. The van der Waals surface area contributed by atoms with E-state index in [0.717, 1.165) is 35.2 Å². The van der Waals surface area contributed by atoms with Gasteiger partial charge in [-0.1, -0.05) is 19.1 Å². The van der Waals surface area contributed by atoms with Crippen LogP contribution in [0.15, 0.2) is 46.9 Å². The Morgan fingerprint density at radius 1 is 1.11 bits per heavy atom. The number of carbonyl (C=O) groups is 1. The van der Waals surface area contributed by atoms with Crippen molar-refractivity contribution in [3.05, 3.63) is 59.5 Å². The molecule has 0 aliphatic carbocycles. The Bertz CT molecular complexity index is 917. The van der Waals surface area contributed by atoms with Crippen LogP contribution in [0.4, 0.5) is 5.69 Å². The van der Waals surface area contributed by atoms with E-state index in [4.69, 9.17) is 9.15 Å². The molecule has 0 saturated carbocycles. The van der Waals surface area contributed by atoms with Gasteiger partial charge in [0.2, 0.25) is 11.8 Å². The number of rotatable bonds is 7. The quantitative estimate of drug-likeness (QED) is 0.674. The lowest BCUT2D eigenvalue weighted by Crippen LogP contribution is -2.20. The fourth-order valence-electron chi connectivity index (χ4n) is 2.60. The molecular weight excluding hydrogens is 342 g/mol. The summed E-state index contributed by atoms with van der Waals surface area (Å²) >= 11 is 0. The Balaban J connectivity index is 1.56. The van der Waals surface area contributed by atoms with E-state index in [-0.39, 0.29) is 12.5 Å². The smallest absolute Gasteiger partial charge is 0.262 e. The van der Waals surface area contributed by atoms with Crippen LogP contribution in [0.3, 0.4) is 0 Å². The van der Waals surface area contributed by atoms with Crippen molar-refractivity contribution in [2.24, 2.45) is 0 Å². The number of aryl methyl sites for hydroxylation is 2. The van der Waals surface area contributed by atoms with Crippen molar-refractivity contribution in [3.63, 3.8) is 0 Å². The highest BCUT2D eigenvalue weighted by Gasteiger charge is 2.09. The SMILES string of the molecule is CCCc1nnc(-c2ccc(OCC(=O)Nc3cccc(C)c3C)cc2)o1. The minimum atomic E-state index is -0.200. The summed E-state index contributed by atoms with van der Waals surface area (Å²) in [5.74, 6) is 1.52. The number of nitrogens with zero attached hydrogens (tertiary/aromatic N) is 2. The van der Waals surface area contributed by atoms with Gasteiger partial charge in [0.05, 0.1) is 0 Å². The monoisotopic (exact) mass is 365 g/mol. The molecule has 0 saturated heterocycles. The summed E-state index contributed by atoms with van der Waals surface area (Å²) < 4.78 is 11.2. The minimum absolute atomic E-state index is 0.0616. The first-order valence-electron chi connectivity index (χ1n) is 8.98. The van der Waals surface area contributed by atoms with Crippen molar-refractivity contribution in [3.8, 4) is 17.2 Å². The number of carbonyl (C=O) groups excluding carboxylic acids is 1. The molecule has 0 aliphatic rings. The molecule has 2 aromatic carbocycles. The summed E-state index contributed by atoms with van der Waals surface area (Å²) in [6, 6.07) is 13.0. The predicted octanol–water partition coefficient (Wildman–Crippen LogP) is 4.32. The molecule has 0 radical (unpaired) electrons. The summed E-state index contributed by atoms with van der Waals surface area (Å²) in [4.78, 5) is 12.1. The average Bonchev–Trinajstić information content (AvgIpc) is 3.13. The number of amides is 1. The van der Waals surface area contributed by atoms with Crippen LogP contribution in [-0.2, 0) is 11.2 Å². The van der Waals surface area contributed by atoms with Gasteiger partial charge in [-0.25, -0.2) is 0 Å². The summed E-state index contributed by atoms with van der Waals surface area (Å²) in [5.41, 5.74) is 3.81. The maximum atomic E-state index is 12.1. The molecule has 27 heavy (non-hydrogen) atoms. The van der Waals surface area contributed by atoms with Crippen LogP contribution >= 0.6 is 0 Å². The molecule has 1 heterocycles. The van der Waals surface area contributed by atoms with Gasteiger partial charge >= 0.3 is 0 Å². The molecular formula is C21H23N3O3. The van der Waals surface area contributed by atoms with Gasteiger partial charge in [0.25, 0.3) is 5.91 Å². The van der Waals surface area contributed by atoms with Crippen molar-refractivity contribution < 1.29 is 13.9 Å². The average molecular weight is 365 g/mol. The lowest BCUT2D eigenvalue weighted by Gasteiger charge is -2.11. The Hall–Kier alpha value is -3.15. The molecule has 0 fully saturated rings. The van der Waals surface area contributed by atoms with Crippen molar-refractivity contribution in [2.75, 3.05) is 11.9 Å². The lowest BCUT2D eigenvalue weighted by atomic mass is 10.1. The number of hydrogen-bond acceptors (Lipinski definition) is 5. The van der Waals surface area contributed by atoms with Gasteiger partial charge in [-0.3, -0.25) is 4.79 Å². The van der Waals surface area contributed by atoms with Gasteiger partial charge in [0, 0.05) is 17.7 Å². The highest BCUT2D eigenvalue weighted by Crippen LogP contribution is 2.22. The number of benzene rings is 2. The molecule has 3 aromatic rings. The second-order valence-corrected chi connectivity index (χ2v) is 6.36. The zero-order valence-electron chi connectivity index (χ0n) is 15.8. The topological polar surface area (TPSA) is 77.2 Å². The van der Waals surface area contributed by atoms with Gasteiger partial charge in [0.1, 0.15) is 5.75 Å². The molecule has 0 aliphatic heterocycles. The fraction of sp³-hybridized carbons (Fsp3) is 0.286. The van der Waals surface area contributed by atoms with Crippen LogP contribution in [0.1, 0.15) is 30.4 Å². The van der Waals surface area contributed by atoms with Crippen molar-refractivity contribution in [1.82, 2.24) is 10.2 Å². The number of nitrogens with one attached hydrogen (secondary N) is 1. The second-order valence-electron chi connectivity index (χ2n) is 6.36. The molecule has 6 heteroatoms. The standard InChI is InChI=1S/C21H23N3O3/c1-4-6-20-23-24-21(27-20)16-9-11-17(12-10-16)26-13-19(25)22-18-8-5-7-14(2)15(18)3/h5,7-12H,4,6,13H2,1-3H3,(H,22,25). The molecule has 6 nitrogen and oxygen atoms in total. The summed E-state index contributed by atoms with van der Waals surface area (Å²) in [5, 5.41) is 10.9.